The molecule has 3 atom stereocenters. The summed E-state index contributed by atoms with van der Waals surface area (Å²) in [6.07, 6.45) is 37.0. The van der Waals surface area contributed by atoms with Crippen molar-refractivity contribution in [2.45, 2.75) is 206 Å². The van der Waals surface area contributed by atoms with Crippen molar-refractivity contribution in [2.75, 3.05) is 25.1 Å². The molecular weight excluding hydrogens is 872 g/mol. The maximum absolute atomic E-state index is 12.9. The second-order valence-corrected chi connectivity index (χ2v) is 18.4. The number of anilines is 1. The van der Waals surface area contributed by atoms with Gasteiger partial charge in [-0.15, -0.1) is 0 Å². The number of hydrogen-bond donors (Lipinski definition) is 3. The molecular formula is C48H79N4O13P. The number of allylic oxidation sites excluding steroid dienone is 4. The Hall–Kier alpha value is -4.18. The smallest absolute Gasteiger partial charge is 0.472 e. The third-order valence-electron chi connectivity index (χ3n) is 11.1. The van der Waals surface area contributed by atoms with Crippen LogP contribution in [0.2, 0.25) is 0 Å². The largest absolute Gasteiger partial charge is 0.480 e. The Morgan fingerprint density at radius 2 is 1.14 bits per heavy atom. The van der Waals surface area contributed by atoms with E-state index in [0.29, 0.717) is 12.8 Å². The van der Waals surface area contributed by atoms with Gasteiger partial charge in [-0.2, -0.15) is 0 Å². The fourth-order valence-electron chi connectivity index (χ4n) is 7.16. The van der Waals surface area contributed by atoms with Gasteiger partial charge in [-0.1, -0.05) is 141 Å². The number of fused-ring (bicyclic) bond motifs is 1. The number of nitro groups is 1. The number of nitrogens with one attached hydrogen (secondary N) is 1. The van der Waals surface area contributed by atoms with E-state index in [0.717, 1.165) is 83.1 Å². The minimum absolute atomic E-state index is 0.0247. The summed E-state index contributed by atoms with van der Waals surface area (Å²) in [5, 5.41) is 30.8. The topological polar surface area (TPSA) is 240 Å². The molecule has 2 rings (SSSR count). The molecule has 1 heterocycles. The van der Waals surface area contributed by atoms with Gasteiger partial charge in [-0.3, -0.25) is 28.8 Å². The Labute approximate surface area is 391 Å². The quantitative estimate of drug-likeness (QED) is 0.0140. The van der Waals surface area contributed by atoms with Gasteiger partial charge < -0.3 is 24.8 Å². The maximum atomic E-state index is 12.9. The lowest BCUT2D eigenvalue weighted by atomic mass is 10.1. The Morgan fingerprint density at radius 3 is 1.64 bits per heavy atom. The fraction of sp³-hybridized carbons (Fsp3) is 0.729. The van der Waals surface area contributed by atoms with E-state index in [1.807, 2.05) is 0 Å². The van der Waals surface area contributed by atoms with Crippen LogP contribution in [0.25, 0.3) is 11.0 Å². The average molecular weight is 951 g/mol. The molecule has 1 aromatic carbocycles. The van der Waals surface area contributed by atoms with E-state index in [2.05, 4.69) is 58.4 Å². The van der Waals surface area contributed by atoms with E-state index >= 15 is 0 Å². The summed E-state index contributed by atoms with van der Waals surface area (Å²) < 4.78 is 38.5. The van der Waals surface area contributed by atoms with Gasteiger partial charge in [-0.05, 0) is 80.6 Å². The average Bonchev–Trinajstić information content (AvgIpc) is 3.79. The number of benzene rings is 1. The highest BCUT2D eigenvalue weighted by Crippen LogP contribution is 2.43. The zero-order valence-electron chi connectivity index (χ0n) is 39.7. The van der Waals surface area contributed by atoms with Crippen molar-refractivity contribution < 1.29 is 57.0 Å². The number of phosphoric acid groups is 1. The SMILES string of the molecule is CCCCCCCC/C=C\CCCCCCCC(=O)OC[C@H](COP(=O)(O)OC[C@H](Nc1ccc([N+](=O)[O-])c2nonc12)C(=O)O)OC(=O)CCCCCCC/C=C\CCCCCCCC. The number of aliphatic carboxylic acids is 1. The molecule has 0 fully saturated rings. The van der Waals surface area contributed by atoms with E-state index in [1.165, 1.54) is 83.1 Å². The number of ether oxygens (including phenoxy) is 2. The predicted octanol–water partition coefficient (Wildman–Crippen LogP) is 12.7. The molecule has 1 unspecified atom stereocenters. The van der Waals surface area contributed by atoms with Gasteiger partial charge in [0, 0.05) is 18.9 Å². The van der Waals surface area contributed by atoms with Crippen LogP contribution in [0.1, 0.15) is 194 Å². The van der Waals surface area contributed by atoms with E-state index in [1.54, 1.807) is 0 Å². The van der Waals surface area contributed by atoms with Crippen molar-refractivity contribution in [1.29, 1.82) is 0 Å². The van der Waals surface area contributed by atoms with E-state index < -0.39 is 68.3 Å². The summed E-state index contributed by atoms with van der Waals surface area (Å²) in [5.41, 5.74) is -0.831. The monoisotopic (exact) mass is 951 g/mol. The van der Waals surface area contributed by atoms with Crippen molar-refractivity contribution >= 4 is 48.1 Å². The number of aromatic nitrogens is 2. The molecule has 66 heavy (non-hydrogen) atoms. The van der Waals surface area contributed by atoms with Crippen LogP contribution in [-0.2, 0) is 37.5 Å². The molecule has 0 amide bonds. The summed E-state index contributed by atoms with van der Waals surface area (Å²) in [6, 6.07) is 0.595. The molecule has 0 aliphatic carbocycles. The number of unbranched alkanes of at least 4 members (excludes halogenated alkanes) is 22. The zero-order chi connectivity index (χ0) is 48.1. The number of rotatable bonds is 43. The number of carbonyl (C=O) groups excluding carboxylic acids is 2. The Bertz CT molecular complexity index is 1750. The third-order valence-corrected chi connectivity index (χ3v) is 12.0. The number of non-ortho nitro benzene ring substituents is 1. The van der Waals surface area contributed by atoms with Crippen LogP contribution in [-0.4, -0.2) is 75.1 Å². The van der Waals surface area contributed by atoms with Crippen LogP contribution in [0.5, 0.6) is 0 Å². The van der Waals surface area contributed by atoms with Gasteiger partial charge in [0.05, 0.1) is 23.8 Å². The van der Waals surface area contributed by atoms with Gasteiger partial charge in [0.15, 0.2) is 11.6 Å². The van der Waals surface area contributed by atoms with Crippen molar-refractivity contribution in [3.8, 4) is 0 Å². The van der Waals surface area contributed by atoms with Crippen LogP contribution in [0.4, 0.5) is 11.4 Å². The van der Waals surface area contributed by atoms with Gasteiger partial charge >= 0.3 is 31.4 Å². The van der Waals surface area contributed by atoms with E-state index in [9.17, 15) is 39.1 Å². The molecule has 374 valence electrons. The Morgan fingerprint density at radius 1 is 0.682 bits per heavy atom. The second-order valence-electron chi connectivity index (χ2n) is 16.9. The number of carbonyl (C=O) groups is 3. The van der Waals surface area contributed by atoms with Gasteiger partial charge in [-0.25, -0.2) is 14.0 Å². The summed E-state index contributed by atoms with van der Waals surface area (Å²) in [7, 11) is -4.97. The molecule has 0 saturated heterocycles. The highest BCUT2D eigenvalue weighted by Gasteiger charge is 2.30. The zero-order valence-corrected chi connectivity index (χ0v) is 40.6. The lowest BCUT2D eigenvalue weighted by molar-refractivity contribution is -0.383. The number of nitrogens with zero attached hydrogens (tertiary/aromatic N) is 3. The second kappa shape index (κ2) is 36.9. The number of hydrogen-bond acceptors (Lipinski definition) is 14. The third kappa shape index (κ3) is 28.1. The predicted molar refractivity (Wildman–Crippen MR) is 255 cm³/mol. The minimum atomic E-state index is -4.97. The first-order valence-electron chi connectivity index (χ1n) is 24.6. The Balaban J connectivity index is 1.81. The fourth-order valence-corrected chi connectivity index (χ4v) is 7.93. The summed E-state index contributed by atoms with van der Waals surface area (Å²) in [4.78, 5) is 58.7. The maximum Gasteiger partial charge on any atom is 0.472 e. The number of carboxylic acids is 1. The number of esters is 2. The molecule has 3 N–H and O–H groups in total. The molecule has 0 aliphatic rings. The molecule has 0 saturated carbocycles. The standard InChI is InChI=1S/C48H79N4O13P/c1-3-5-7-9-11-13-15-17-19-21-23-25-27-29-31-33-44(53)61-37-40(64-45(54)34-32-30-28-26-24-22-20-18-16-14-12-10-8-6-4-2)38-62-66(59,60)63-39-42(48(55)56)49-41-35-36-43(52(57)58)47-46(41)50-65-51-47/h17-20,35-36,40,42,49H,3-16,21-34,37-39H2,1-2H3,(H,55,56)(H,59,60)/b19-17-,20-18-/t40-,42+/m1/s1. The molecule has 1 aromatic heterocycles. The van der Waals surface area contributed by atoms with Crippen LogP contribution in [0.15, 0.2) is 41.1 Å². The first-order chi connectivity index (χ1) is 32.0. The molecule has 0 bridgehead atoms. The highest BCUT2D eigenvalue weighted by atomic mass is 31.2. The normalized spacial score (nSPS) is 13.6. The lowest BCUT2D eigenvalue weighted by Crippen LogP contribution is -2.34. The molecule has 0 spiro atoms. The molecule has 17 nitrogen and oxygen atoms in total. The van der Waals surface area contributed by atoms with Gasteiger partial charge in [0.25, 0.3) is 0 Å². The number of carboxylic acid groups (broad SMARTS) is 1. The van der Waals surface area contributed by atoms with Crippen molar-refractivity contribution in [2.24, 2.45) is 0 Å². The van der Waals surface area contributed by atoms with Gasteiger partial charge in [0.2, 0.25) is 5.52 Å². The lowest BCUT2D eigenvalue weighted by Gasteiger charge is -2.21. The summed E-state index contributed by atoms with van der Waals surface area (Å²) in [6.45, 7) is 2.43. The van der Waals surface area contributed by atoms with Gasteiger partial charge in [0.1, 0.15) is 12.6 Å². The van der Waals surface area contributed by atoms with Crippen molar-refractivity contribution in [1.82, 2.24) is 10.3 Å². The Kier molecular flexibility index (Phi) is 32.4. The highest BCUT2D eigenvalue weighted by molar-refractivity contribution is 7.47. The first-order valence-corrected chi connectivity index (χ1v) is 26.1. The van der Waals surface area contributed by atoms with Crippen molar-refractivity contribution in [3.05, 3.63) is 46.6 Å². The molecule has 18 heteroatoms. The van der Waals surface area contributed by atoms with E-state index in [-0.39, 0.29) is 29.6 Å². The van der Waals surface area contributed by atoms with Crippen LogP contribution in [0.3, 0.4) is 0 Å². The van der Waals surface area contributed by atoms with Crippen LogP contribution < -0.4 is 5.32 Å². The summed E-state index contributed by atoms with van der Waals surface area (Å²) in [5.74, 6) is -2.60. The van der Waals surface area contributed by atoms with Crippen molar-refractivity contribution in [3.63, 3.8) is 0 Å². The number of phosphoric ester groups is 1. The molecule has 2 aromatic rings. The summed E-state index contributed by atoms with van der Waals surface area (Å²) >= 11 is 0. The van der Waals surface area contributed by atoms with E-state index in [4.69, 9.17) is 18.5 Å². The minimum Gasteiger partial charge on any atom is -0.480 e. The number of nitro benzene ring substituents is 1. The molecule has 0 aliphatic heterocycles. The van der Waals surface area contributed by atoms with Crippen LogP contribution >= 0.6 is 7.82 Å². The van der Waals surface area contributed by atoms with Crippen LogP contribution in [0, 0.1) is 10.1 Å². The molecule has 0 radical (unpaired) electrons. The first kappa shape index (κ1) is 57.9.